The summed E-state index contributed by atoms with van der Waals surface area (Å²) in [5, 5.41) is 2.58. The molecule has 2 aromatic carbocycles. The Kier molecular flexibility index (Phi) is 4.85. The summed E-state index contributed by atoms with van der Waals surface area (Å²) in [6, 6.07) is 5.69. The monoisotopic (exact) mass is 402 g/mol. The number of nitrogens with one attached hydrogen (secondary N) is 1. The average Bonchev–Trinajstić information content (AvgIpc) is 3.00. The zero-order chi connectivity index (χ0) is 23.6. The van der Waals surface area contributed by atoms with E-state index in [1.165, 1.54) is 40.6 Å². The third-order valence-electron chi connectivity index (χ3n) is 5.03. The lowest BCUT2D eigenvalue weighted by Gasteiger charge is -2.19. The largest absolute Gasteiger partial charge is 0.493 e. The Hall–Kier alpha value is -3.22. The standard InChI is InChI=1S/C22H25NO6/c1-12(24)23-16-8-6-13-10-19(27-3)21(28-4)22(29-5)20(13)14-7-9-18(26-2)17(25)11-15(14)16/h7,9-11,16H,6,8H2,1-5H3,(H,23,24)/t16-/m1/s1/i1D3. The predicted molar refractivity (Wildman–Crippen MR) is 109 cm³/mol. The van der Waals surface area contributed by atoms with Crippen LogP contribution in [0.2, 0.25) is 0 Å². The Bertz CT molecular complexity index is 1100. The van der Waals surface area contributed by atoms with Crippen LogP contribution in [0, 0.1) is 0 Å². The second-order valence-electron chi connectivity index (χ2n) is 6.52. The van der Waals surface area contributed by atoms with Crippen LogP contribution in [0.5, 0.6) is 23.0 Å². The first-order chi connectivity index (χ1) is 15.2. The molecule has 1 atom stereocenters. The van der Waals surface area contributed by atoms with Crippen LogP contribution in [-0.2, 0) is 11.2 Å². The highest BCUT2D eigenvalue weighted by Gasteiger charge is 2.29. The second-order valence-corrected chi connectivity index (χ2v) is 6.52. The van der Waals surface area contributed by atoms with Crippen LogP contribution in [-0.4, -0.2) is 34.3 Å². The van der Waals surface area contributed by atoms with Crippen molar-refractivity contribution in [3.8, 4) is 34.1 Å². The summed E-state index contributed by atoms with van der Waals surface area (Å²) >= 11 is 0. The quantitative estimate of drug-likeness (QED) is 0.828. The Labute approximate surface area is 173 Å². The maximum absolute atomic E-state index is 12.7. The van der Waals surface area contributed by atoms with Crippen LogP contribution in [0.1, 0.15) is 34.6 Å². The van der Waals surface area contributed by atoms with Crippen LogP contribution in [0.4, 0.5) is 0 Å². The molecule has 0 heterocycles. The number of rotatable bonds is 5. The number of methoxy groups -OCH3 is 4. The predicted octanol–water partition coefficient (Wildman–Crippen LogP) is 2.87. The zero-order valence-electron chi connectivity index (χ0n) is 19.8. The normalized spacial score (nSPS) is 16.7. The number of carbonyl (C=O) groups excluding carboxylic acids is 1. The van der Waals surface area contributed by atoms with E-state index in [-0.39, 0.29) is 5.75 Å². The summed E-state index contributed by atoms with van der Waals surface area (Å²) in [4.78, 5) is 25.0. The molecule has 154 valence electrons. The Morgan fingerprint density at radius 3 is 2.38 bits per heavy atom. The lowest BCUT2D eigenvalue weighted by Crippen LogP contribution is -2.26. The van der Waals surface area contributed by atoms with Gasteiger partial charge in [-0.15, -0.1) is 0 Å². The van der Waals surface area contributed by atoms with E-state index in [0.717, 1.165) is 5.56 Å². The van der Waals surface area contributed by atoms with E-state index in [1.54, 1.807) is 6.07 Å². The molecular weight excluding hydrogens is 374 g/mol. The van der Waals surface area contributed by atoms with E-state index in [2.05, 4.69) is 5.32 Å². The molecule has 3 rings (SSSR count). The van der Waals surface area contributed by atoms with E-state index in [9.17, 15) is 9.59 Å². The molecule has 0 unspecified atom stereocenters. The van der Waals surface area contributed by atoms with E-state index < -0.39 is 24.2 Å². The Morgan fingerprint density at radius 2 is 1.76 bits per heavy atom. The Morgan fingerprint density at radius 1 is 1.03 bits per heavy atom. The molecule has 1 aliphatic carbocycles. The minimum Gasteiger partial charge on any atom is -0.493 e. The molecule has 7 heteroatoms. The fourth-order valence-corrected chi connectivity index (χ4v) is 3.77. The molecule has 0 aromatic heterocycles. The first-order valence-corrected chi connectivity index (χ1v) is 9.01. The van der Waals surface area contributed by atoms with E-state index in [0.29, 0.717) is 46.8 Å². The van der Waals surface area contributed by atoms with Gasteiger partial charge in [0, 0.05) is 16.5 Å². The number of hydrogen-bond donors (Lipinski definition) is 1. The van der Waals surface area contributed by atoms with Gasteiger partial charge in [-0.25, -0.2) is 0 Å². The molecule has 2 aromatic rings. The number of hydrogen-bond acceptors (Lipinski definition) is 6. The van der Waals surface area contributed by atoms with Crippen molar-refractivity contribution in [1.29, 1.82) is 0 Å². The van der Waals surface area contributed by atoms with Crippen molar-refractivity contribution >= 4 is 5.91 Å². The maximum atomic E-state index is 12.7. The first kappa shape index (κ1) is 16.7. The van der Waals surface area contributed by atoms with Crippen molar-refractivity contribution in [1.82, 2.24) is 5.32 Å². The van der Waals surface area contributed by atoms with Crippen molar-refractivity contribution < 1.29 is 27.9 Å². The molecule has 0 aliphatic heterocycles. The molecule has 0 bridgehead atoms. The van der Waals surface area contributed by atoms with Crippen molar-refractivity contribution in [3.63, 3.8) is 0 Å². The van der Waals surface area contributed by atoms with Crippen LogP contribution >= 0.6 is 0 Å². The summed E-state index contributed by atoms with van der Waals surface area (Å²) < 4.78 is 44.1. The number of benzene rings is 1. The SMILES string of the molecule is [2H]C([2H])([2H])C(=O)N[C@@H]1CCc2cc(OC)c(OC)c(OC)c2-c2ccc(OC)c(=O)cc21. The first-order valence-electron chi connectivity index (χ1n) is 10.5. The maximum Gasteiger partial charge on any atom is 0.220 e. The van der Waals surface area contributed by atoms with Gasteiger partial charge in [0.1, 0.15) is 0 Å². The Balaban J connectivity index is 2.35. The van der Waals surface area contributed by atoms with Crippen molar-refractivity contribution in [2.24, 2.45) is 0 Å². The van der Waals surface area contributed by atoms with Crippen LogP contribution < -0.4 is 29.7 Å². The van der Waals surface area contributed by atoms with Crippen LogP contribution in [0.25, 0.3) is 11.1 Å². The van der Waals surface area contributed by atoms with Crippen molar-refractivity contribution in [3.05, 3.63) is 45.6 Å². The summed E-state index contributed by atoms with van der Waals surface area (Å²) in [5.41, 5.74) is 2.16. The molecular formula is C22H25NO6. The minimum atomic E-state index is -2.82. The van der Waals surface area contributed by atoms with Crippen molar-refractivity contribution in [2.75, 3.05) is 28.4 Å². The molecule has 29 heavy (non-hydrogen) atoms. The zero-order valence-corrected chi connectivity index (χ0v) is 16.8. The van der Waals surface area contributed by atoms with Gasteiger partial charge in [-0.1, -0.05) is 6.07 Å². The second kappa shape index (κ2) is 8.43. The average molecular weight is 402 g/mol. The molecule has 0 fully saturated rings. The number of carbonyl (C=O) groups is 1. The molecule has 7 nitrogen and oxygen atoms in total. The van der Waals surface area contributed by atoms with Crippen LogP contribution in [0.3, 0.4) is 0 Å². The number of aryl methyl sites for hydroxylation is 1. The third kappa shape index (κ3) is 3.72. The van der Waals surface area contributed by atoms with Gasteiger partial charge in [0.25, 0.3) is 0 Å². The van der Waals surface area contributed by atoms with Gasteiger partial charge in [-0.3, -0.25) is 9.59 Å². The molecule has 1 N–H and O–H groups in total. The highest BCUT2D eigenvalue weighted by molar-refractivity contribution is 5.83. The van der Waals surface area contributed by atoms with Gasteiger partial charge in [-0.2, -0.15) is 0 Å². The number of ether oxygens (including phenoxy) is 4. The summed E-state index contributed by atoms with van der Waals surface area (Å²) in [6.07, 6.45) is 0.813. The molecule has 0 saturated heterocycles. The fourth-order valence-electron chi connectivity index (χ4n) is 3.77. The lowest BCUT2D eigenvalue weighted by molar-refractivity contribution is -0.119. The van der Waals surface area contributed by atoms with E-state index in [1.807, 2.05) is 6.07 Å². The van der Waals surface area contributed by atoms with Gasteiger partial charge in [0.2, 0.25) is 17.1 Å². The van der Waals surface area contributed by atoms with Crippen LogP contribution in [0.15, 0.2) is 29.1 Å². The van der Waals surface area contributed by atoms with Gasteiger partial charge in [0.05, 0.1) is 34.5 Å². The molecule has 1 aliphatic rings. The molecule has 0 spiro atoms. The van der Waals surface area contributed by atoms with E-state index in [4.69, 9.17) is 23.1 Å². The van der Waals surface area contributed by atoms with Gasteiger partial charge >= 0.3 is 0 Å². The smallest absolute Gasteiger partial charge is 0.220 e. The molecule has 0 radical (unpaired) electrons. The summed E-state index contributed by atoms with van der Waals surface area (Å²) in [5.74, 6) is 0.276. The van der Waals surface area contributed by atoms with Crippen molar-refractivity contribution in [2.45, 2.75) is 25.7 Å². The van der Waals surface area contributed by atoms with Gasteiger partial charge < -0.3 is 24.3 Å². The minimum absolute atomic E-state index is 0.111. The topological polar surface area (TPSA) is 83.1 Å². The van der Waals surface area contributed by atoms with Gasteiger partial charge in [-0.05, 0) is 47.7 Å². The lowest BCUT2D eigenvalue weighted by atomic mass is 9.95. The fraction of sp³-hybridized carbons (Fsp3) is 0.364. The van der Waals surface area contributed by atoms with E-state index >= 15 is 0 Å². The molecule has 0 saturated carbocycles. The highest BCUT2D eigenvalue weighted by Crippen LogP contribution is 2.50. The van der Waals surface area contributed by atoms with Gasteiger partial charge in [0.15, 0.2) is 17.2 Å². The summed E-state index contributed by atoms with van der Waals surface area (Å²) in [7, 11) is 5.90. The highest BCUT2D eigenvalue weighted by atomic mass is 16.5. The number of amides is 1. The summed E-state index contributed by atoms with van der Waals surface area (Å²) in [6.45, 7) is -2.82. The third-order valence-corrected chi connectivity index (χ3v) is 5.03. The molecule has 1 amide bonds. The number of fused-ring (bicyclic) bond motifs is 3.